The van der Waals surface area contributed by atoms with Gasteiger partial charge >= 0.3 is 5.97 Å². The Morgan fingerprint density at radius 1 is 1.29 bits per heavy atom. The zero-order chi connectivity index (χ0) is 15.4. The van der Waals surface area contributed by atoms with Gasteiger partial charge in [0, 0.05) is 5.69 Å². The van der Waals surface area contributed by atoms with E-state index in [1.165, 1.54) is 25.3 Å². The van der Waals surface area contributed by atoms with Gasteiger partial charge in [-0.25, -0.2) is 9.18 Å². The molecule has 2 aromatic rings. The maximum atomic E-state index is 14.1. The third-order valence-electron chi connectivity index (χ3n) is 2.95. The van der Waals surface area contributed by atoms with E-state index in [1.54, 1.807) is 25.1 Å². The summed E-state index contributed by atoms with van der Waals surface area (Å²) in [4.78, 5) is 11.8. The number of carbonyl (C=O) groups excluding carboxylic acids is 1. The van der Waals surface area contributed by atoms with E-state index in [-0.39, 0.29) is 17.7 Å². The zero-order valence-corrected chi connectivity index (χ0v) is 11.9. The molecule has 0 heterocycles. The number of benzene rings is 2. The van der Waals surface area contributed by atoms with Crippen LogP contribution in [0, 0.1) is 5.82 Å². The number of methoxy groups -OCH3 is 1. The highest BCUT2D eigenvalue weighted by molar-refractivity contribution is 5.93. The molecule has 2 aromatic carbocycles. The molecule has 110 valence electrons. The summed E-state index contributed by atoms with van der Waals surface area (Å²) in [6, 6.07) is 9.14. The molecule has 0 aromatic heterocycles. The number of carbonyl (C=O) groups is 1. The van der Waals surface area contributed by atoms with Gasteiger partial charge in [-0.1, -0.05) is 6.07 Å². The van der Waals surface area contributed by atoms with Crippen LogP contribution in [0.4, 0.5) is 10.1 Å². The largest absolute Gasteiger partial charge is 0.496 e. The Kier molecular flexibility index (Phi) is 4.42. The Morgan fingerprint density at radius 2 is 2.05 bits per heavy atom. The number of esters is 1. The molecule has 0 aliphatic heterocycles. The second-order valence-corrected chi connectivity index (χ2v) is 4.38. The third kappa shape index (κ3) is 3.13. The van der Waals surface area contributed by atoms with Gasteiger partial charge in [-0.05, 0) is 42.8 Å². The molecule has 0 spiro atoms. The zero-order valence-electron chi connectivity index (χ0n) is 11.9. The van der Waals surface area contributed by atoms with E-state index in [0.29, 0.717) is 17.0 Å². The lowest BCUT2D eigenvalue weighted by atomic mass is 10.0. The predicted octanol–water partition coefficient (Wildman–Crippen LogP) is 3.26. The van der Waals surface area contributed by atoms with E-state index in [1.807, 2.05) is 0 Å². The lowest BCUT2D eigenvalue weighted by molar-refractivity contribution is 0.0526. The Morgan fingerprint density at radius 3 is 2.71 bits per heavy atom. The molecule has 4 nitrogen and oxygen atoms in total. The van der Waals surface area contributed by atoms with Gasteiger partial charge in [0.05, 0.1) is 24.8 Å². The Balaban J connectivity index is 2.57. The summed E-state index contributed by atoms with van der Waals surface area (Å²) in [6.45, 7) is 1.97. The molecule has 5 heteroatoms. The number of nitrogens with two attached hydrogens (primary N) is 1. The normalized spacial score (nSPS) is 10.2. The number of anilines is 1. The van der Waals surface area contributed by atoms with Gasteiger partial charge in [0.1, 0.15) is 11.6 Å². The molecule has 0 bridgehead atoms. The fraction of sp³-hybridized carbons (Fsp3) is 0.188. The minimum atomic E-state index is -0.499. The molecule has 2 N–H and O–H groups in total. The predicted molar refractivity (Wildman–Crippen MR) is 78.8 cm³/mol. The first kappa shape index (κ1) is 14.8. The van der Waals surface area contributed by atoms with Gasteiger partial charge in [0.15, 0.2) is 0 Å². The highest BCUT2D eigenvalue weighted by atomic mass is 19.1. The van der Waals surface area contributed by atoms with Gasteiger partial charge in [-0.15, -0.1) is 0 Å². The average Bonchev–Trinajstić information content (AvgIpc) is 2.46. The molecular formula is C16H16FNO3. The van der Waals surface area contributed by atoms with Crippen molar-refractivity contribution in [1.82, 2.24) is 0 Å². The molecular weight excluding hydrogens is 273 g/mol. The van der Waals surface area contributed by atoms with Gasteiger partial charge in [0.25, 0.3) is 0 Å². The van der Waals surface area contributed by atoms with Crippen molar-refractivity contribution in [2.75, 3.05) is 19.5 Å². The smallest absolute Gasteiger partial charge is 0.338 e. The van der Waals surface area contributed by atoms with Crippen LogP contribution in [-0.4, -0.2) is 19.7 Å². The highest BCUT2D eigenvalue weighted by Gasteiger charge is 2.15. The van der Waals surface area contributed by atoms with E-state index < -0.39 is 11.8 Å². The number of halogens is 1. The maximum Gasteiger partial charge on any atom is 0.338 e. The lowest BCUT2D eigenvalue weighted by Crippen LogP contribution is -2.06. The minimum absolute atomic E-state index is 0.256. The average molecular weight is 289 g/mol. The van der Waals surface area contributed by atoms with Crippen LogP contribution in [0.25, 0.3) is 11.1 Å². The fourth-order valence-corrected chi connectivity index (χ4v) is 2.08. The number of ether oxygens (including phenoxy) is 2. The number of hydrogen-bond donors (Lipinski definition) is 1. The van der Waals surface area contributed by atoms with E-state index >= 15 is 0 Å². The maximum absolute atomic E-state index is 14.1. The molecule has 0 aliphatic carbocycles. The molecule has 2 rings (SSSR count). The summed E-state index contributed by atoms with van der Waals surface area (Å²) in [5, 5.41) is 0. The van der Waals surface area contributed by atoms with E-state index in [2.05, 4.69) is 0 Å². The van der Waals surface area contributed by atoms with Crippen LogP contribution < -0.4 is 10.5 Å². The molecule has 0 saturated carbocycles. The van der Waals surface area contributed by atoms with E-state index in [4.69, 9.17) is 15.2 Å². The first-order chi connectivity index (χ1) is 10.1. The molecule has 0 radical (unpaired) electrons. The first-order valence-electron chi connectivity index (χ1n) is 6.47. The van der Waals surface area contributed by atoms with Crippen LogP contribution in [0.15, 0.2) is 36.4 Å². The van der Waals surface area contributed by atoms with Crippen molar-refractivity contribution in [1.29, 1.82) is 0 Å². The van der Waals surface area contributed by atoms with Crippen LogP contribution in [0.5, 0.6) is 5.75 Å². The monoisotopic (exact) mass is 289 g/mol. The van der Waals surface area contributed by atoms with Crippen molar-refractivity contribution in [3.8, 4) is 16.9 Å². The molecule has 0 saturated heterocycles. The third-order valence-corrected chi connectivity index (χ3v) is 2.95. The fourth-order valence-electron chi connectivity index (χ4n) is 2.08. The number of nitrogen functional groups attached to an aromatic ring is 1. The summed E-state index contributed by atoms with van der Waals surface area (Å²) in [5.41, 5.74) is 7.15. The second kappa shape index (κ2) is 6.26. The second-order valence-electron chi connectivity index (χ2n) is 4.38. The Bertz CT molecular complexity index is 671. The lowest BCUT2D eigenvalue weighted by Gasteiger charge is -2.12. The standard InChI is InChI=1S/C16H16FNO3/c1-3-21-16(19)11-7-10(8-12(18)9-11)15-13(17)5-4-6-14(15)20-2/h4-9H,3,18H2,1-2H3. The highest BCUT2D eigenvalue weighted by Crippen LogP contribution is 2.34. The SMILES string of the molecule is CCOC(=O)c1cc(N)cc(-c2c(F)cccc2OC)c1. The summed E-state index contributed by atoms with van der Waals surface area (Å²) in [6.07, 6.45) is 0. The Labute approximate surface area is 122 Å². The van der Waals surface area contributed by atoms with Crippen molar-refractivity contribution in [2.24, 2.45) is 0 Å². The molecule has 0 unspecified atom stereocenters. The topological polar surface area (TPSA) is 61.5 Å². The summed E-state index contributed by atoms with van der Waals surface area (Å²) < 4.78 is 24.2. The summed E-state index contributed by atoms with van der Waals surface area (Å²) in [5.74, 6) is -0.577. The van der Waals surface area contributed by atoms with Crippen LogP contribution >= 0.6 is 0 Å². The van der Waals surface area contributed by atoms with Gasteiger partial charge in [-0.3, -0.25) is 0 Å². The number of hydrogen-bond acceptors (Lipinski definition) is 4. The van der Waals surface area contributed by atoms with Crippen molar-refractivity contribution in [3.63, 3.8) is 0 Å². The van der Waals surface area contributed by atoms with Crippen LogP contribution in [0.3, 0.4) is 0 Å². The van der Waals surface area contributed by atoms with Crippen molar-refractivity contribution < 1.29 is 18.7 Å². The van der Waals surface area contributed by atoms with Crippen molar-refractivity contribution in [3.05, 3.63) is 47.8 Å². The van der Waals surface area contributed by atoms with Crippen LogP contribution in [0.1, 0.15) is 17.3 Å². The van der Waals surface area contributed by atoms with Gasteiger partial charge in [-0.2, -0.15) is 0 Å². The number of rotatable bonds is 4. The van der Waals surface area contributed by atoms with Crippen LogP contribution in [0.2, 0.25) is 0 Å². The summed E-state index contributed by atoms with van der Waals surface area (Å²) >= 11 is 0. The molecule has 21 heavy (non-hydrogen) atoms. The Hall–Kier alpha value is -2.56. The first-order valence-corrected chi connectivity index (χ1v) is 6.47. The van der Waals surface area contributed by atoms with E-state index in [9.17, 15) is 9.18 Å². The van der Waals surface area contributed by atoms with Crippen LogP contribution in [-0.2, 0) is 4.74 Å². The summed E-state index contributed by atoms with van der Waals surface area (Å²) in [7, 11) is 1.46. The quantitative estimate of drug-likeness (QED) is 0.693. The molecule has 0 fully saturated rings. The van der Waals surface area contributed by atoms with E-state index in [0.717, 1.165) is 0 Å². The van der Waals surface area contributed by atoms with Crippen molar-refractivity contribution >= 4 is 11.7 Å². The van der Waals surface area contributed by atoms with Gasteiger partial charge < -0.3 is 15.2 Å². The minimum Gasteiger partial charge on any atom is -0.496 e. The molecule has 0 amide bonds. The van der Waals surface area contributed by atoms with Gasteiger partial charge in [0.2, 0.25) is 0 Å². The molecule has 0 atom stereocenters. The molecule has 0 aliphatic rings. The van der Waals surface area contributed by atoms with Crippen molar-refractivity contribution in [2.45, 2.75) is 6.92 Å².